The molecule has 22 heavy (non-hydrogen) atoms. The van der Waals surface area contributed by atoms with E-state index in [1.807, 2.05) is 0 Å². The number of anilines is 1. The van der Waals surface area contributed by atoms with Crippen LogP contribution in [0.2, 0.25) is 0 Å². The zero-order valence-corrected chi connectivity index (χ0v) is 14.4. The quantitative estimate of drug-likeness (QED) is 0.303. The van der Waals surface area contributed by atoms with Crippen LogP contribution in [0.3, 0.4) is 0 Å². The van der Waals surface area contributed by atoms with Crippen molar-refractivity contribution in [3.8, 4) is 0 Å². The molecule has 5 atom stereocenters. The van der Waals surface area contributed by atoms with Gasteiger partial charge in [0.15, 0.2) is 6.23 Å². The van der Waals surface area contributed by atoms with E-state index in [-0.39, 0.29) is 35.4 Å². The van der Waals surface area contributed by atoms with E-state index in [0.717, 1.165) is 4.57 Å². The fraction of sp³-hybridized carbons (Fsp3) is 0.556. The van der Waals surface area contributed by atoms with Crippen LogP contribution in [0.5, 0.6) is 0 Å². The summed E-state index contributed by atoms with van der Waals surface area (Å²) in [5, 5.41) is 19.6. The van der Waals surface area contributed by atoms with E-state index < -0.39 is 44.7 Å². The standard InChI is InChI=1S/C9H14N3O8P.Na/c10-5-1-2-12(9(15)11-5)8-7(14)6(13)4(20-8)3-19-21(16,17)18;/h1-2,4,6-8,13-14H,3H2,(H2,10,11,15)(H2,16,17,18);/q;+1/p-1/t4-,6-,7-,8-;/m0./s1. The largest absolute Gasteiger partial charge is 1.00 e. The Morgan fingerprint density at radius 3 is 2.68 bits per heavy atom. The number of phosphoric acid groups is 1. The van der Waals surface area contributed by atoms with Crippen LogP contribution in [0.15, 0.2) is 17.1 Å². The number of hydrogen-bond acceptors (Lipinski definition) is 9. The maximum Gasteiger partial charge on any atom is 1.00 e. The molecule has 0 aliphatic carbocycles. The molecule has 0 amide bonds. The second-order valence-corrected chi connectivity index (χ2v) is 5.55. The normalized spacial score (nSPS) is 30.5. The first-order chi connectivity index (χ1) is 9.69. The zero-order chi connectivity index (χ0) is 15.8. The van der Waals surface area contributed by atoms with Crippen molar-refractivity contribution in [3.05, 3.63) is 22.7 Å². The van der Waals surface area contributed by atoms with Crippen molar-refractivity contribution in [3.63, 3.8) is 0 Å². The van der Waals surface area contributed by atoms with Crippen molar-refractivity contribution < 1.29 is 63.4 Å². The molecule has 1 aliphatic rings. The van der Waals surface area contributed by atoms with E-state index >= 15 is 0 Å². The molecule has 0 aromatic carbocycles. The second-order valence-electron chi connectivity index (χ2n) is 4.35. The topological polar surface area (TPSA) is 180 Å². The number of aliphatic hydroxyl groups is 2. The van der Waals surface area contributed by atoms with Crippen molar-refractivity contribution in [1.82, 2.24) is 9.55 Å². The van der Waals surface area contributed by atoms with Gasteiger partial charge in [-0.15, -0.1) is 0 Å². The smallest absolute Gasteiger partial charge is 0.756 e. The molecule has 1 aliphatic heterocycles. The van der Waals surface area contributed by atoms with E-state index in [2.05, 4.69) is 9.51 Å². The minimum absolute atomic E-state index is 0. The summed E-state index contributed by atoms with van der Waals surface area (Å²) >= 11 is 0. The summed E-state index contributed by atoms with van der Waals surface area (Å²) in [4.78, 5) is 34.1. The van der Waals surface area contributed by atoms with E-state index in [9.17, 15) is 24.5 Å². The van der Waals surface area contributed by atoms with Gasteiger partial charge >= 0.3 is 35.2 Å². The van der Waals surface area contributed by atoms with Gasteiger partial charge in [0.1, 0.15) is 24.1 Å². The molecular formula is C9H13N3NaO8P. The van der Waals surface area contributed by atoms with Crippen LogP contribution in [0, 0.1) is 0 Å². The second kappa shape index (κ2) is 7.49. The van der Waals surface area contributed by atoms with Crippen molar-refractivity contribution >= 4 is 13.6 Å². The summed E-state index contributed by atoms with van der Waals surface area (Å²) in [5.74, 6) is -0.0308. The molecule has 118 valence electrons. The van der Waals surface area contributed by atoms with E-state index in [1.54, 1.807) is 0 Å². The van der Waals surface area contributed by atoms with Crippen LogP contribution in [0.4, 0.5) is 5.82 Å². The van der Waals surface area contributed by atoms with Gasteiger partial charge in [0, 0.05) is 6.20 Å². The average molecular weight is 345 g/mol. The predicted molar refractivity (Wildman–Crippen MR) is 64.6 cm³/mol. The van der Waals surface area contributed by atoms with Gasteiger partial charge in [0.25, 0.3) is 7.82 Å². The van der Waals surface area contributed by atoms with Crippen molar-refractivity contribution in [2.45, 2.75) is 24.5 Å². The molecule has 1 aromatic heterocycles. The van der Waals surface area contributed by atoms with Gasteiger partial charge in [-0.05, 0) is 6.07 Å². The number of nitrogens with two attached hydrogens (primary N) is 1. The van der Waals surface area contributed by atoms with E-state index in [4.69, 9.17) is 15.4 Å². The summed E-state index contributed by atoms with van der Waals surface area (Å²) in [6, 6.07) is 1.28. The van der Waals surface area contributed by atoms with Gasteiger partial charge < -0.3 is 35.0 Å². The molecule has 1 unspecified atom stereocenters. The fourth-order valence-corrected chi connectivity index (χ4v) is 2.22. The zero-order valence-electron chi connectivity index (χ0n) is 11.5. The third-order valence-electron chi connectivity index (χ3n) is 2.86. The number of nitrogen functional groups attached to an aromatic ring is 1. The number of hydrogen-bond donors (Lipinski definition) is 4. The van der Waals surface area contributed by atoms with Crippen LogP contribution >= 0.6 is 7.82 Å². The Labute approximate surface area is 146 Å². The van der Waals surface area contributed by atoms with Crippen LogP contribution in [-0.4, -0.2) is 49.6 Å². The molecule has 1 saturated heterocycles. The molecule has 2 rings (SSSR count). The molecule has 1 aromatic rings. The Kier molecular flexibility index (Phi) is 6.72. The molecule has 0 spiro atoms. The molecule has 13 heteroatoms. The maximum atomic E-state index is 11.6. The average Bonchev–Trinajstić information content (AvgIpc) is 2.64. The molecule has 0 radical (unpaired) electrons. The molecule has 0 saturated carbocycles. The minimum Gasteiger partial charge on any atom is -0.756 e. The maximum absolute atomic E-state index is 11.6. The number of rotatable bonds is 4. The van der Waals surface area contributed by atoms with Gasteiger partial charge in [0.2, 0.25) is 0 Å². The monoisotopic (exact) mass is 345 g/mol. The SMILES string of the molecule is Nc1ccn([C@H]2O[C@@H](COP(=O)([O-])O)[C@H](O)[C@@H]2O)c(=O)n1.[Na+]. The first-order valence-corrected chi connectivity index (χ1v) is 7.23. The summed E-state index contributed by atoms with van der Waals surface area (Å²) in [6.45, 7) is -0.719. The Morgan fingerprint density at radius 1 is 1.50 bits per heavy atom. The van der Waals surface area contributed by atoms with E-state index in [1.165, 1.54) is 12.3 Å². The van der Waals surface area contributed by atoms with Gasteiger partial charge in [-0.25, -0.2) is 4.79 Å². The number of ether oxygens (including phenoxy) is 1. The molecule has 5 N–H and O–H groups in total. The van der Waals surface area contributed by atoms with Crippen LogP contribution in [0.25, 0.3) is 0 Å². The van der Waals surface area contributed by atoms with Crippen LogP contribution in [0.1, 0.15) is 6.23 Å². The van der Waals surface area contributed by atoms with Gasteiger partial charge in [-0.2, -0.15) is 4.98 Å². The number of aliphatic hydroxyl groups excluding tert-OH is 2. The third-order valence-corrected chi connectivity index (χ3v) is 3.34. The molecular weight excluding hydrogens is 332 g/mol. The van der Waals surface area contributed by atoms with E-state index in [0.29, 0.717) is 0 Å². The number of nitrogens with zero attached hydrogens (tertiary/aromatic N) is 2. The molecule has 0 bridgehead atoms. The Balaban J connectivity index is 0.00000242. The Hall–Kier alpha value is -0.330. The third kappa shape index (κ3) is 4.59. The van der Waals surface area contributed by atoms with Gasteiger partial charge in [0.05, 0.1) is 6.61 Å². The summed E-state index contributed by atoms with van der Waals surface area (Å²) in [6.07, 6.45) is -4.39. The number of aromatic nitrogens is 2. The number of phosphoric ester groups is 1. The Morgan fingerprint density at radius 2 is 2.14 bits per heavy atom. The molecule has 11 nitrogen and oxygen atoms in total. The molecule has 1 fully saturated rings. The van der Waals surface area contributed by atoms with Crippen molar-refractivity contribution in [2.75, 3.05) is 12.3 Å². The van der Waals surface area contributed by atoms with Crippen molar-refractivity contribution in [1.29, 1.82) is 0 Å². The first-order valence-electron chi connectivity index (χ1n) is 5.73. The Bertz CT molecular complexity index is 621. The van der Waals surface area contributed by atoms with Gasteiger partial charge in [-0.3, -0.25) is 9.13 Å². The summed E-state index contributed by atoms with van der Waals surface area (Å²) in [5.41, 5.74) is 4.50. The first kappa shape index (κ1) is 19.7. The minimum atomic E-state index is -4.99. The summed E-state index contributed by atoms with van der Waals surface area (Å²) < 4.78 is 20.7. The summed E-state index contributed by atoms with van der Waals surface area (Å²) in [7, 11) is -4.99. The van der Waals surface area contributed by atoms with Gasteiger partial charge in [-0.1, -0.05) is 0 Å². The molecule has 2 heterocycles. The van der Waals surface area contributed by atoms with Crippen LogP contribution < -0.4 is 45.9 Å². The fourth-order valence-electron chi connectivity index (χ4n) is 1.88. The van der Waals surface area contributed by atoms with Crippen LogP contribution in [-0.2, 0) is 13.8 Å². The predicted octanol–water partition coefficient (Wildman–Crippen LogP) is -6.07. The van der Waals surface area contributed by atoms with Crippen molar-refractivity contribution in [2.24, 2.45) is 0 Å².